The van der Waals surface area contributed by atoms with E-state index in [1.54, 1.807) is 5.32 Å². The molecule has 0 heterocycles. The second kappa shape index (κ2) is 5.55. The number of halogens is 6. The number of alkyl halides is 6. The van der Waals surface area contributed by atoms with E-state index in [1.165, 1.54) is 0 Å². The molecular formula is C10H8F6N2O2. The largest absolute Gasteiger partial charge is 0.405 e. The molecule has 1 N–H and O–H groups in total. The average molecular weight is 302 g/mol. The van der Waals surface area contributed by atoms with Gasteiger partial charge in [-0.25, -0.2) is 0 Å². The van der Waals surface area contributed by atoms with Crippen molar-refractivity contribution in [3.63, 3.8) is 0 Å². The molecule has 0 aliphatic carbocycles. The summed E-state index contributed by atoms with van der Waals surface area (Å²) < 4.78 is 73.0. The fourth-order valence-corrected chi connectivity index (χ4v) is 1.42. The maximum Gasteiger partial charge on any atom is 0.405 e. The zero-order valence-electron chi connectivity index (χ0n) is 9.68. The summed E-state index contributed by atoms with van der Waals surface area (Å²) >= 11 is 0. The summed E-state index contributed by atoms with van der Waals surface area (Å²) in [5.41, 5.74) is -1.68. The van der Waals surface area contributed by atoms with Crippen LogP contribution < -0.4 is 5.32 Å². The zero-order valence-corrected chi connectivity index (χ0v) is 9.68. The van der Waals surface area contributed by atoms with Crippen molar-refractivity contribution in [2.45, 2.75) is 18.8 Å². The van der Waals surface area contributed by atoms with Crippen LogP contribution in [0.1, 0.15) is 5.56 Å². The van der Waals surface area contributed by atoms with Crippen molar-refractivity contribution in [1.29, 1.82) is 0 Å². The number of benzene rings is 1. The summed E-state index contributed by atoms with van der Waals surface area (Å²) in [6, 6.07) is 2.26. The van der Waals surface area contributed by atoms with Crippen molar-refractivity contribution >= 4 is 11.4 Å². The van der Waals surface area contributed by atoms with Crippen LogP contribution in [0.4, 0.5) is 37.7 Å². The first-order valence-corrected chi connectivity index (χ1v) is 5.12. The second-order valence-electron chi connectivity index (χ2n) is 3.86. The fourth-order valence-electron chi connectivity index (χ4n) is 1.42. The molecule has 0 saturated heterocycles. The fraction of sp³-hybridized carbons (Fsp3) is 0.400. The average Bonchev–Trinajstić information content (AvgIpc) is 2.23. The molecule has 0 unspecified atom stereocenters. The first-order chi connectivity index (χ1) is 8.98. The van der Waals surface area contributed by atoms with Crippen LogP contribution in [0.15, 0.2) is 18.2 Å². The highest BCUT2D eigenvalue weighted by atomic mass is 19.4. The third-order valence-electron chi connectivity index (χ3n) is 2.17. The van der Waals surface area contributed by atoms with Gasteiger partial charge in [0.05, 0.1) is 11.3 Å². The predicted octanol–water partition coefficient (Wildman–Crippen LogP) is 3.67. The van der Waals surface area contributed by atoms with Gasteiger partial charge in [0.2, 0.25) is 0 Å². The molecule has 0 aromatic heterocycles. The number of hydrogen-bond donors (Lipinski definition) is 1. The van der Waals surface area contributed by atoms with Crippen LogP contribution >= 0.6 is 0 Å². The molecule has 0 radical (unpaired) electrons. The van der Waals surface area contributed by atoms with E-state index in [4.69, 9.17) is 0 Å². The van der Waals surface area contributed by atoms with Gasteiger partial charge < -0.3 is 5.32 Å². The Hall–Kier alpha value is -2.00. The van der Waals surface area contributed by atoms with Gasteiger partial charge >= 0.3 is 12.4 Å². The number of rotatable bonds is 4. The van der Waals surface area contributed by atoms with Crippen LogP contribution in [0.5, 0.6) is 0 Å². The van der Waals surface area contributed by atoms with Crippen LogP contribution in [0, 0.1) is 10.1 Å². The highest BCUT2D eigenvalue weighted by Gasteiger charge is 2.31. The second-order valence-corrected chi connectivity index (χ2v) is 3.86. The van der Waals surface area contributed by atoms with E-state index in [2.05, 4.69) is 0 Å². The van der Waals surface area contributed by atoms with Crippen LogP contribution in [-0.4, -0.2) is 23.8 Å². The highest BCUT2D eigenvalue weighted by molar-refractivity contribution is 5.56. The number of nitro groups is 1. The topological polar surface area (TPSA) is 55.2 Å². The quantitative estimate of drug-likeness (QED) is 0.524. The molecule has 0 aliphatic rings. The van der Waals surface area contributed by atoms with Crippen LogP contribution in [0.3, 0.4) is 0 Å². The van der Waals surface area contributed by atoms with Gasteiger partial charge in [-0.2, -0.15) is 26.3 Å². The summed E-state index contributed by atoms with van der Waals surface area (Å²) in [5.74, 6) is 0. The molecular weight excluding hydrogens is 294 g/mol. The van der Waals surface area contributed by atoms with Crippen molar-refractivity contribution in [3.05, 3.63) is 33.9 Å². The Labute approximate surface area is 108 Å². The molecule has 0 atom stereocenters. The van der Waals surface area contributed by atoms with Crippen molar-refractivity contribution < 1.29 is 31.3 Å². The first kappa shape index (κ1) is 16.1. The Morgan fingerprint density at radius 3 is 2.15 bits per heavy atom. The number of nitro benzene ring substituents is 1. The molecule has 1 aromatic carbocycles. The number of non-ortho nitro benzene ring substituents is 1. The third-order valence-corrected chi connectivity index (χ3v) is 2.17. The SMILES string of the molecule is O=[N+]([O-])c1ccc(NCC(F)(F)F)c(CC(F)(F)F)c1. The standard InChI is InChI=1S/C10H8F6N2O2/c11-9(12,13)4-6-3-7(18(19)20)1-2-8(6)17-5-10(14,15)16/h1-3,17H,4-5H2. The van der Waals surface area contributed by atoms with Crippen LogP contribution in [0.2, 0.25) is 0 Å². The highest BCUT2D eigenvalue weighted by Crippen LogP contribution is 2.30. The van der Waals surface area contributed by atoms with Crippen molar-refractivity contribution in [3.8, 4) is 0 Å². The van der Waals surface area contributed by atoms with Crippen molar-refractivity contribution in [2.75, 3.05) is 11.9 Å². The molecule has 0 aliphatic heterocycles. The summed E-state index contributed by atoms with van der Waals surface area (Å²) in [7, 11) is 0. The van der Waals surface area contributed by atoms with Crippen molar-refractivity contribution in [1.82, 2.24) is 0 Å². The van der Waals surface area contributed by atoms with Crippen LogP contribution in [-0.2, 0) is 6.42 Å². The Morgan fingerprint density at radius 1 is 1.10 bits per heavy atom. The van der Waals surface area contributed by atoms with E-state index in [0.717, 1.165) is 12.1 Å². The van der Waals surface area contributed by atoms with Gasteiger partial charge in [0.1, 0.15) is 6.54 Å². The molecule has 4 nitrogen and oxygen atoms in total. The number of nitrogens with zero attached hydrogens (tertiary/aromatic N) is 1. The molecule has 0 saturated carbocycles. The Morgan fingerprint density at radius 2 is 1.70 bits per heavy atom. The molecule has 0 bridgehead atoms. The lowest BCUT2D eigenvalue weighted by molar-refractivity contribution is -0.384. The van der Waals surface area contributed by atoms with E-state index in [0.29, 0.717) is 6.07 Å². The number of anilines is 1. The smallest absolute Gasteiger partial charge is 0.376 e. The Bertz CT molecular complexity index is 498. The molecule has 112 valence electrons. The summed E-state index contributed by atoms with van der Waals surface area (Å²) in [5, 5.41) is 12.3. The third kappa shape index (κ3) is 5.33. The minimum absolute atomic E-state index is 0.440. The van der Waals surface area contributed by atoms with Gasteiger partial charge in [0, 0.05) is 17.8 Å². The lowest BCUT2D eigenvalue weighted by atomic mass is 10.1. The van der Waals surface area contributed by atoms with E-state index in [1.807, 2.05) is 0 Å². The molecule has 0 fully saturated rings. The summed E-state index contributed by atoms with van der Waals surface area (Å²) in [6.45, 7) is -1.53. The van der Waals surface area contributed by atoms with Gasteiger partial charge in [-0.15, -0.1) is 0 Å². The van der Waals surface area contributed by atoms with Gasteiger partial charge in [0.15, 0.2) is 0 Å². The zero-order chi connectivity index (χ0) is 15.6. The Kier molecular flexibility index (Phi) is 4.46. The van der Waals surface area contributed by atoms with E-state index in [-0.39, 0.29) is 0 Å². The normalized spacial score (nSPS) is 12.3. The maximum absolute atomic E-state index is 12.3. The monoisotopic (exact) mass is 302 g/mol. The Balaban J connectivity index is 3.06. The molecule has 0 spiro atoms. The lowest BCUT2D eigenvalue weighted by Gasteiger charge is -2.14. The van der Waals surface area contributed by atoms with E-state index in [9.17, 15) is 36.5 Å². The molecule has 0 amide bonds. The molecule has 10 heteroatoms. The van der Waals surface area contributed by atoms with E-state index < -0.39 is 47.2 Å². The minimum Gasteiger partial charge on any atom is -0.376 e. The predicted molar refractivity (Wildman–Crippen MR) is 57.4 cm³/mol. The van der Waals surface area contributed by atoms with Gasteiger partial charge in [0.25, 0.3) is 5.69 Å². The number of hydrogen-bond acceptors (Lipinski definition) is 3. The summed E-state index contributed by atoms with van der Waals surface area (Å²) in [4.78, 5) is 9.55. The van der Waals surface area contributed by atoms with Gasteiger partial charge in [-0.3, -0.25) is 10.1 Å². The molecule has 1 aromatic rings. The lowest BCUT2D eigenvalue weighted by Crippen LogP contribution is -2.22. The van der Waals surface area contributed by atoms with Crippen molar-refractivity contribution in [2.24, 2.45) is 0 Å². The maximum atomic E-state index is 12.3. The molecule has 20 heavy (non-hydrogen) atoms. The van der Waals surface area contributed by atoms with Crippen LogP contribution in [0.25, 0.3) is 0 Å². The summed E-state index contributed by atoms with van der Waals surface area (Å²) in [6.07, 6.45) is -10.9. The number of nitrogens with one attached hydrogen (secondary N) is 1. The minimum atomic E-state index is -4.69. The molecule has 1 rings (SSSR count). The van der Waals surface area contributed by atoms with E-state index >= 15 is 0 Å². The first-order valence-electron chi connectivity index (χ1n) is 5.12. The van der Waals surface area contributed by atoms with Gasteiger partial charge in [-0.05, 0) is 11.6 Å². The van der Waals surface area contributed by atoms with Gasteiger partial charge in [-0.1, -0.05) is 0 Å².